The van der Waals surface area contributed by atoms with Crippen molar-refractivity contribution in [2.45, 2.75) is 26.2 Å². The minimum absolute atomic E-state index is 0.579. The van der Waals surface area contributed by atoms with E-state index in [4.69, 9.17) is 0 Å². The summed E-state index contributed by atoms with van der Waals surface area (Å²) in [5.74, 6) is 0.579. The monoisotopic (exact) mass is 328 g/mol. The molecule has 0 spiro atoms. The molecule has 4 heteroatoms. The molecule has 0 aliphatic heterocycles. The molecule has 4 rings (SSSR count). The van der Waals surface area contributed by atoms with Crippen LogP contribution in [0.5, 0.6) is 0 Å². The van der Waals surface area contributed by atoms with E-state index in [1.807, 2.05) is 41.3 Å². The molecule has 0 fully saturated rings. The first-order valence-electron chi connectivity index (χ1n) is 8.62. The molecule has 0 amide bonds. The average Bonchev–Trinajstić information content (AvgIpc) is 3.17. The summed E-state index contributed by atoms with van der Waals surface area (Å²) in [6.07, 6.45) is 6.78. The van der Waals surface area contributed by atoms with Crippen molar-refractivity contribution in [2.75, 3.05) is 0 Å². The lowest BCUT2D eigenvalue weighted by Crippen LogP contribution is -1.96. The summed E-state index contributed by atoms with van der Waals surface area (Å²) in [5.41, 5.74) is 6.00. The largest absolute Gasteiger partial charge is 0.252 e. The summed E-state index contributed by atoms with van der Waals surface area (Å²) in [4.78, 5) is 9.17. The van der Waals surface area contributed by atoms with Crippen molar-refractivity contribution in [2.24, 2.45) is 0 Å². The maximum Gasteiger partial charge on any atom is 0.0924 e. The summed E-state index contributed by atoms with van der Waals surface area (Å²) in [6, 6.07) is 16.5. The number of rotatable bonds is 4. The summed E-state index contributed by atoms with van der Waals surface area (Å²) in [6.45, 7) is 4.46. The fourth-order valence-corrected chi connectivity index (χ4v) is 2.88. The van der Waals surface area contributed by atoms with E-state index >= 15 is 0 Å². The van der Waals surface area contributed by atoms with Gasteiger partial charge in [0.15, 0.2) is 0 Å². The van der Waals surface area contributed by atoms with E-state index in [1.165, 1.54) is 5.56 Å². The predicted molar refractivity (Wildman–Crippen MR) is 101 cm³/mol. The van der Waals surface area contributed by atoms with Gasteiger partial charge < -0.3 is 0 Å². The molecule has 0 aliphatic carbocycles. The SMILES string of the molecule is CCC(C)c1ccc(-n2cc(-c3cnc4ccccc4n3)cn2)cc1. The van der Waals surface area contributed by atoms with E-state index in [0.717, 1.165) is 34.4 Å². The van der Waals surface area contributed by atoms with E-state index in [0.29, 0.717) is 5.92 Å². The lowest BCUT2D eigenvalue weighted by molar-refractivity contribution is 0.732. The first kappa shape index (κ1) is 15.5. The van der Waals surface area contributed by atoms with Crippen molar-refractivity contribution in [1.82, 2.24) is 19.7 Å². The van der Waals surface area contributed by atoms with Gasteiger partial charge in [-0.25, -0.2) is 9.67 Å². The van der Waals surface area contributed by atoms with Gasteiger partial charge in [0.1, 0.15) is 0 Å². The quantitative estimate of drug-likeness (QED) is 0.530. The van der Waals surface area contributed by atoms with Crippen LogP contribution in [0.3, 0.4) is 0 Å². The van der Waals surface area contributed by atoms with Gasteiger partial charge in [-0.1, -0.05) is 38.1 Å². The lowest BCUT2D eigenvalue weighted by atomic mass is 9.99. The van der Waals surface area contributed by atoms with Gasteiger partial charge in [0.2, 0.25) is 0 Å². The highest BCUT2D eigenvalue weighted by atomic mass is 15.3. The molecule has 1 atom stereocenters. The smallest absolute Gasteiger partial charge is 0.0924 e. The maximum atomic E-state index is 4.69. The molecule has 0 N–H and O–H groups in total. The Morgan fingerprint density at radius 3 is 2.48 bits per heavy atom. The van der Waals surface area contributed by atoms with Crippen LogP contribution in [0.25, 0.3) is 28.0 Å². The standard InChI is InChI=1S/C21H20N4/c1-3-15(2)16-8-10-18(11-9-16)25-14-17(12-23-25)21-13-22-19-6-4-5-7-20(19)24-21/h4-15H,3H2,1-2H3. The Hall–Kier alpha value is -3.01. The van der Waals surface area contributed by atoms with Gasteiger partial charge >= 0.3 is 0 Å². The zero-order valence-electron chi connectivity index (χ0n) is 14.4. The highest BCUT2D eigenvalue weighted by molar-refractivity contribution is 5.76. The minimum Gasteiger partial charge on any atom is -0.252 e. The van der Waals surface area contributed by atoms with Crippen molar-refractivity contribution in [3.8, 4) is 16.9 Å². The van der Waals surface area contributed by atoms with Crippen molar-refractivity contribution < 1.29 is 0 Å². The summed E-state index contributed by atoms with van der Waals surface area (Å²) in [5, 5.41) is 4.49. The molecule has 0 aliphatic rings. The average molecular weight is 328 g/mol. The maximum absolute atomic E-state index is 4.69. The second-order valence-electron chi connectivity index (χ2n) is 6.32. The van der Waals surface area contributed by atoms with Gasteiger partial charge in [-0.15, -0.1) is 0 Å². The number of hydrogen-bond acceptors (Lipinski definition) is 3. The zero-order chi connectivity index (χ0) is 17.2. The van der Waals surface area contributed by atoms with Crippen molar-refractivity contribution >= 4 is 11.0 Å². The summed E-state index contributed by atoms with van der Waals surface area (Å²) in [7, 11) is 0. The molecule has 0 bridgehead atoms. The number of hydrogen-bond donors (Lipinski definition) is 0. The Bertz CT molecular complexity index is 1000. The first-order chi connectivity index (χ1) is 12.2. The number of nitrogens with zero attached hydrogens (tertiary/aromatic N) is 4. The number of benzene rings is 2. The lowest BCUT2D eigenvalue weighted by Gasteiger charge is -2.09. The summed E-state index contributed by atoms with van der Waals surface area (Å²) < 4.78 is 1.88. The molecule has 4 aromatic rings. The van der Waals surface area contributed by atoms with Crippen LogP contribution >= 0.6 is 0 Å². The molecular formula is C21H20N4. The number of aromatic nitrogens is 4. The third-order valence-electron chi connectivity index (χ3n) is 4.67. The van der Waals surface area contributed by atoms with Gasteiger partial charge in [-0.3, -0.25) is 4.98 Å². The third kappa shape index (κ3) is 3.03. The Morgan fingerprint density at radius 1 is 0.960 bits per heavy atom. The van der Waals surface area contributed by atoms with Crippen LogP contribution in [-0.2, 0) is 0 Å². The van der Waals surface area contributed by atoms with Crippen molar-refractivity contribution in [3.63, 3.8) is 0 Å². The normalized spacial score (nSPS) is 12.4. The molecule has 1 unspecified atom stereocenters. The van der Waals surface area contributed by atoms with E-state index in [2.05, 4.69) is 53.2 Å². The molecule has 25 heavy (non-hydrogen) atoms. The number of para-hydroxylation sites is 2. The minimum atomic E-state index is 0.579. The van der Waals surface area contributed by atoms with Crippen LogP contribution < -0.4 is 0 Å². The third-order valence-corrected chi connectivity index (χ3v) is 4.67. The van der Waals surface area contributed by atoms with Crippen molar-refractivity contribution in [3.05, 3.63) is 72.7 Å². The topological polar surface area (TPSA) is 43.6 Å². The van der Waals surface area contributed by atoms with Crippen LogP contribution in [0, 0.1) is 0 Å². The highest BCUT2D eigenvalue weighted by Crippen LogP contribution is 2.22. The van der Waals surface area contributed by atoms with Gasteiger partial charge in [0, 0.05) is 11.8 Å². The van der Waals surface area contributed by atoms with Crippen LogP contribution in [0.15, 0.2) is 67.1 Å². The molecule has 2 aromatic carbocycles. The molecule has 0 saturated heterocycles. The van der Waals surface area contributed by atoms with E-state index in [1.54, 1.807) is 6.20 Å². The molecule has 2 aromatic heterocycles. The van der Waals surface area contributed by atoms with Crippen LogP contribution in [0.2, 0.25) is 0 Å². The van der Waals surface area contributed by atoms with Crippen LogP contribution in [-0.4, -0.2) is 19.7 Å². The molecule has 4 nitrogen and oxygen atoms in total. The Balaban J connectivity index is 1.64. The molecule has 2 heterocycles. The second kappa shape index (κ2) is 6.48. The van der Waals surface area contributed by atoms with Crippen LogP contribution in [0.4, 0.5) is 0 Å². The Kier molecular flexibility index (Phi) is 4.02. The van der Waals surface area contributed by atoms with E-state index < -0.39 is 0 Å². The van der Waals surface area contributed by atoms with Crippen LogP contribution in [0.1, 0.15) is 31.7 Å². The van der Waals surface area contributed by atoms with Gasteiger partial charge in [-0.05, 0) is 42.2 Å². The van der Waals surface area contributed by atoms with Crippen molar-refractivity contribution in [1.29, 1.82) is 0 Å². The second-order valence-corrected chi connectivity index (χ2v) is 6.32. The Morgan fingerprint density at radius 2 is 1.72 bits per heavy atom. The predicted octanol–water partition coefficient (Wildman–Crippen LogP) is 5.00. The van der Waals surface area contributed by atoms with E-state index in [-0.39, 0.29) is 0 Å². The van der Waals surface area contributed by atoms with Gasteiger partial charge in [0.05, 0.1) is 34.8 Å². The first-order valence-corrected chi connectivity index (χ1v) is 8.62. The fourth-order valence-electron chi connectivity index (χ4n) is 2.88. The summed E-state index contributed by atoms with van der Waals surface area (Å²) >= 11 is 0. The number of fused-ring (bicyclic) bond motifs is 1. The molecule has 124 valence electrons. The van der Waals surface area contributed by atoms with Gasteiger partial charge in [0.25, 0.3) is 0 Å². The molecular weight excluding hydrogens is 308 g/mol. The molecule has 0 saturated carbocycles. The zero-order valence-corrected chi connectivity index (χ0v) is 14.4. The van der Waals surface area contributed by atoms with E-state index in [9.17, 15) is 0 Å². The fraction of sp³-hybridized carbons (Fsp3) is 0.190. The van der Waals surface area contributed by atoms with Gasteiger partial charge in [-0.2, -0.15) is 5.10 Å². The molecule has 0 radical (unpaired) electrons. The highest BCUT2D eigenvalue weighted by Gasteiger charge is 2.08. The Labute approximate surface area is 147 Å².